The number of halogens is 2. The number of aliphatic imine (C=N–C) groups is 1. The molecule has 1 fully saturated rings. The molecule has 2 N–H and O–H groups in total. The number of alkyl halides is 2. The number of hydrogen-bond donors (Lipinski definition) is 2. The predicted octanol–water partition coefficient (Wildman–Crippen LogP) is 3.30. The van der Waals surface area contributed by atoms with Crippen molar-refractivity contribution in [3.8, 4) is 0 Å². The molecule has 0 amide bonds. The van der Waals surface area contributed by atoms with Gasteiger partial charge in [0.2, 0.25) is 0 Å². The quantitative estimate of drug-likeness (QED) is 0.459. The van der Waals surface area contributed by atoms with Crippen molar-refractivity contribution in [1.82, 2.24) is 20.2 Å². The third-order valence-corrected chi connectivity index (χ3v) is 4.40. The van der Waals surface area contributed by atoms with Crippen LogP contribution in [0, 0.1) is 5.92 Å². The number of aromatic nitrogens is 2. The summed E-state index contributed by atoms with van der Waals surface area (Å²) in [4.78, 5) is 8.06. The molecule has 0 saturated heterocycles. The molecule has 1 heterocycles. The standard InChI is InChI=1S/C16H27F2N5/c1-19-16(21-9-5-8-13-6-3-2-4-7-13)22-12-14-20-10-11-23(14)15(17)18/h10-11,13,15H,2-9,12H2,1H3,(H2,19,21,22). The lowest BCUT2D eigenvalue weighted by Crippen LogP contribution is -2.38. The number of nitrogens with zero attached hydrogens (tertiary/aromatic N) is 3. The van der Waals surface area contributed by atoms with Gasteiger partial charge in [-0.1, -0.05) is 32.1 Å². The molecule has 23 heavy (non-hydrogen) atoms. The predicted molar refractivity (Wildman–Crippen MR) is 87.5 cm³/mol. The van der Waals surface area contributed by atoms with Crippen molar-refractivity contribution in [2.24, 2.45) is 10.9 Å². The second-order valence-electron chi connectivity index (χ2n) is 6.03. The van der Waals surface area contributed by atoms with Crippen LogP contribution in [0.15, 0.2) is 17.4 Å². The molecule has 0 atom stereocenters. The van der Waals surface area contributed by atoms with Crippen LogP contribution in [0.1, 0.15) is 57.3 Å². The minimum atomic E-state index is -2.57. The van der Waals surface area contributed by atoms with Crippen LogP contribution in [0.4, 0.5) is 8.78 Å². The average Bonchev–Trinajstić information content (AvgIpc) is 3.04. The lowest BCUT2D eigenvalue weighted by molar-refractivity contribution is 0.0668. The zero-order chi connectivity index (χ0) is 16.5. The summed E-state index contributed by atoms with van der Waals surface area (Å²) in [5, 5.41) is 6.26. The maximum atomic E-state index is 12.7. The fourth-order valence-corrected chi connectivity index (χ4v) is 3.12. The molecule has 0 aromatic carbocycles. The van der Waals surface area contributed by atoms with Gasteiger partial charge in [0.25, 0.3) is 0 Å². The third-order valence-electron chi connectivity index (χ3n) is 4.40. The maximum Gasteiger partial charge on any atom is 0.319 e. The Kier molecular flexibility index (Phi) is 7.29. The lowest BCUT2D eigenvalue weighted by Gasteiger charge is -2.21. The monoisotopic (exact) mass is 327 g/mol. The van der Waals surface area contributed by atoms with Crippen LogP contribution >= 0.6 is 0 Å². The number of hydrogen-bond acceptors (Lipinski definition) is 2. The highest BCUT2D eigenvalue weighted by Gasteiger charge is 2.13. The molecule has 130 valence electrons. The van der Waals surface area contributed by atoms with Gasteiger partial charge in [-0.2, -0.15) is 8.78 Å². The minimum Gasteiger partial charge on any atom is -0.356 e. The van der Waals surface area contributed by atoms with Gasteiger partial charge in [0.15, 0.2) is 5.96 Å². The number of imidazole rings is 1. The number of guanidine groups is 1. The van der Waals surface area contributed by atoms with E-state index < -0.39 is 6.55 Å². The van der Waals surface area contributed by atoms with Crippen LogP contribution in [0.2, 0.25) is 0 Å². The molecule has 7 heteroatoms. The van der Waals surface area contributed by atoms with Gasteiger partial charge in [0, 0.05) is 26.0 Å². The van der Waals surface area contributed by atoms with Crippen molar-refractivity contribution < 1.29 is 8.78 Å². The van der Waals surface area contributed by atoms with Crippen LogP contribution in [-0.2, 0) is 6.54 Å². The van der Waals surface area contributed by atoms with Gasteiger partial charge in [-0.15, -0.1) is 0 Å². The Hall–Kier alpha value is -1.66. The van der Waals surface area contributed by atoms with E-state index in [0.29, 0.717) is 11.8 Å². The highest BCUT2D eigenvalue weighted by atomic mass is 19.3. The first-order valence-corrected chi connectivity index (χ1v) is 8.45. The zero-order valence-electron chi connectivity index (χ0n) is 13.8. The summed E-state index contributed by atoms with van der Waals surface area (Å²) in [5.74, 6) is 1.79. The van der Waals surface area contributed by atoms with E-state index in [1.54, 1.807) is 7.05 Å². The second kappa shape index (κ2) is 9.47. The first-order chi connectivity index (χ1) is 11.2. The van der Waals surface area contributed by atoms with Gasteiger partial charge >= 0.3 is 6.55 Å². The smallest absolute Gasteiger partial charge is 0.319 e. The van der Waals surface area contributed by atoms with Crippen molar-refractivity contribution in [3.05, 3.63) is 18.2 Å². The molecule has 0 bridgehead atoms. The molecule has 2 rings (SSSR count). The number of rotatable bonds is 7. The molecule has 1 aliphatic carbocycles. The largest absolute Gasteiger partial charge is 0.356 e. The summed E-state index contributed by atoms with van der Waals surface area (Å²) >= 11 is 0. The van der Waals surface area contributed by atoms with Crippen LogP contribution in [0.25, 0.3) is 0 Å². The Balaban J connectivity index is 1.66. The second-order valence-corrected chi connectivity index (χ2v) is 6.03. The Labute approximate surface area is 136 Å². The van der Waals surface area contributed by atoms with E-state index in [2.05, 4.69) is 20.6 Å². The highest BCUT2D eigenvalue weighted by Crippen LogP contribution is 2.26. The minimum absolute atomic E-state index is 0.222. The molecule has 1 saturated carbocycles. The lowest BCUT2D eigenvalue weighted by atomic mass is 9.86. The van der Waals surface area contributed by atoms with Crippen LogP contribution in [-0.4, -0.2) is 29.1 Å². The normalized spacial score (nSPS) is 16.8. The Morgan fingerprint density at radius 1 is 1.35 bits per heavy atom. The summed E-state index contributed by atoms with van der Waals surface area (Å²) in [7, 11) is 1.68. The van der Waals surface area contributed by atoms with Gasteiger partial charge in [-0.25, -0.2) is 4.98 Å². The first-order valence-electron chi connectivity index (χ1n) is 8.45. The first kappa shape index (κ1) is 17.7. The molecule has 0 spiro atoms. The van der Waals surface area contributed by atoms with Gasteiger partial charge < -0.3 is 10.6 Å². The summed E-state index contributed by atoms with van der Waals surface area (Å²) in [6.45, 7) is -1.50. The average molecular weight is 327 g/mol. The summed E-state index contributed by atoms with van der Waals surface area (Å²) < 4.78 is 26.3. The molecule has 0 aliphatic heterocycles. The fraction of sp³-hybridized carbons (Fsp3) is 0.750. The zero-order valence-corrected chi connectivity index (χ0v) is 13.8. The molecular weight excluding hydrogens is 300 g/mol. The van der Waals surface area contributed by atoms with Gasteiger partial charge in [-0.05, 0) is 18.8 Å². The molecule has 0 unspecified atom stereocenters. The van der Waals surface area contributed by atoms with E-state index in [4.69, 9.17) is 0 Å². The van der Waals surface area contributed by atoms with Gasteiger partial charge in [-0.3, -0.25) is 9.56 Å². The highest BCUT2D eigenvalue weighted by molar-refractivity contribution is 5.79. The summed E-state index contributed by atoms with van der Waals surface area (Å²) in [5.41, 5.74) is 0. The Bertz CT molecular complexity index is 481. The molecule has 0 radical (unpaired) electrons. The van der Waals surface area contributed by atoms with E-state index in [1.165, 1.54) is 50.9 Å². The molecular formula is C16H27F2N5. The Morgan fingerprint density at radius 2 is 2.13 bits per heavy atom. The van der Waals surface area contributed by atoms with Crippen molar-refractivity contribution in [3.63, 3.8) is 0 Å². The molecule has 1 aromatic heterocycles. The van der Waals surface area contributed by atoms with Gasteiger partial charge in [0.1, 0.15) is 5.82 Å². The van der Waals surface area contributed by atoms with E-state index in [1.807, 2.05) is 0 Å². The van der Waals surface area contributed by atoms with Crippen LogP contribution in [0.3, 0.4) is 0 Å². The Morgan fingerprint density at radius 3 is 2.83 bits per heavy atom. The SMILES string of the molecule is CN=C(NCCCC1CCCCC1)NCc1nccn1C(F)F. The van der Waals surface area contributed by atoms with Crippen molar-refractivity contribution >= 4 is 5.96 Å². The van der Waals surface area contributed by atoms with Crippen molar-refractivity contribution in [1.29, 1.82) is 0 Å². The van der Waals surface area contributed by atoms with E-state index in [0.717, 1.165) is 23.5 Å². The maximum absolute atomic E-state index is 12.7. The molecule has 5 nitrogen and oxygen atoms in total. The summed E-state index contributed by atoms with van der Waals surface area (Å²) in [6, 6.07) is 0. The molecule has 1 aliphatic rings. The van der Waals surface area contributed by atoms with Crippen LogP contribution in [0.5, 0.6) is 0 Å². The van der Waals surface area contributed by atoms with E-state index in [9.17, 15) is 8.78 Å². The number of nitrogens with one attached hydrogen (secondary N) is 2. The van der Waals surface area contributed by atoms with Gasteiger partial charge in [0.05, 0.1) is 6.54 Å². The summed E-state index contributed by atoms with van der Waals surface area (Å²) in [6.07, 6.45) is 11.9. The van der Waals surface area contributed by atoms with E-state index in [-0.39, 0.29) is 6.54 Å². The third kappa shape index (κ3) is 5.80. The molecule has 1 aromatic rings. The van der Waals surface area contributed by atoms with Crippen LogP contribution < -0.4 is 10.6 Å². The topological polar surface area (TPSA) is 54.2 Å². The van der Waals surface area contributed by atoms with Crippen molar-refractivity contribution in [2.45, 2.75) is 58.0 Å². The van der Waals surface area contributed by atoms with E-state index >= 15 is 0 Å². The van der Waals surface area contributed by atoms with Crippen molar-refractivity contribution in [2.75, 3.05) is 13.6 Å². The fourth-order valence-electron chi connectivity index (χ4n) is 3.12.